The molecule has 35 heavy (non-hydrogen) atoms. The van der Waals surface area contributed by atoms with E-state index < -0.39 is 6.23 Å². The maximum Gasteiger partial charge on any atom is 0.214 e. The smallest absolute Gasteiger partial charge is 0.214 e. The number of hydrogen-bond acceptors (Lipinski definition) is 8. The number of fused-ring (bicyclic) bond motifs is 4. The summed E-state index contributed by atoms with van der Waals surface area (Å²) in [6, 6.07) is 17.9. The Morgan fingerprint density at radius 1 is 0.829 bits per heavy atom. The third-order valence-corrected chi connectivity index (χ3v) is 6.55. The molecule has 8 nitrogen and oxygen atoms in total. The molecule has 8 heteroatoms. The fourth-order valence-corrected chi connectivity index (χ4v) is 4.90. The minimum absolute atomic E-state index is 0.0206. The van der Waals surface area contributed by atoms with Gasteiger partial charge in [0.2, 0.25) is 12.0 Å². The topological polar surface area (TPSA) is 71.0 Å². The van der Waals surface area contributed by atoms with Gasteiger partial charge in [0.15, 0.2) is 23.0 Å². The highest BCUT2D eigenvalue weighted by Gasteiger charge is 2.41. The highest BCUT2D eigenvalue weighted by atomic mass is 16.6. The highest BCUT2D eigenvalue weighted by Crippen LogP contribution is 2.50. The van der Waals surface area contributed by atoms with E-state index in [-0.39, 0.29) is 6.04 Å². The number of methoxy groups -OCH3 is 3. The van der Waals surface area contributed by atoms with Gasteiger partial charge in [-0.15, -0.1) is 0 Å². The molecule has 180 valence electrons. The largest absolute Gasteiger partial charge is 0.493 e. The number of benzene rings is 3. The Hall–Kier alpha value is -4.07. The van der Waals surface area contributed by atoms with Gasteiger partial charge in [-0.25, -0.2) is 5.01 Å². The molecule has 0 aliphatic carbocycles. The Bertz CT molecular complexity index is 1280. The van der Waals surface area contributed by atoms with E-state index in [1.807, 2.05) is 53.5 Å². The molecule has 3 aromatic carbocycles. The molecule has 0 bridgehead atoms. The van der Waals surface area contributed by atoms with Crippen LogP contribution in [-0.4, -0.2) is 45.3 Å². The first-order valence-electron chi connectivity index (χ1n) is 11.5. The number of hydrazone groups is 1. The number of ether oxygens (including phenoxy) is 6. The Morgan fingerprint density at radius 2 is 1.57 bits per heavy atom. The molecule has 0 saturated carbocycles. The molecular weight excluding hydrogens is 448 g/mol. The first-order chi connectivity index (χ1) is 17.2. The Kier molecular flexibility index (Phi) is 5.28. The van der Waals surface area contributed by atoms with E-state index in [1.54, 1.807) is 21.3 Å². The summed E-state index contributed by atoms with van der Waals surface area (Å²) in [6.07, 6.45) is 0.263. The molecule has 0 spiro atoms. The summed E-state index contributed by atoms with van der Waals surface area (Å²) < 4.78 is 34.7. The van der Waals surface area contributed by atoms with Gasteiger partial charge in [-0.2, -0.15) is 5.10 Å². The lowest BCUT2D eigenvalue weighted by Crippen LogP contribution is -2.33. The fraction of sp³-hybridized carbons (Fsp3) is 0.296. The minimum Gasteiger partial charge on any atom is -0.493 e. The van der Waals surface area contributed by atoms with Gasteiger partial charge < -0.3 is 28.4 Å². The van der Waals surface area contributed by atoms with Crippen molar-refractivity contribution in [2.45, 2.75) is 18.7 Å². The molecule has 2 atom stereocenters. The van der Waals surface area contributed by atoms with Crippen LogP contribution in [0.2, 0.25) is 0 Å². The molecule has 0 aromatic heterocycles. The standard InChI is InChI=1S/C27H26N2O6/c1-30-24-13-17(14-25(31-2)26(24)32-3)27-29-20(18-6-4-5-7-21(18)35-27)15-19(28-29)16-8-9-22-23(12-16)34-11-10-33-22/h4-9,12-14,20,27H,10-11,15H2,1-3H3. The van der Waals surface area contributed by atoms with Gasteiger partial charge in [0.05, 0.1) is 33.1 Å². The van der Waals surface area contributed by atoms with Crippen LogP contribution in [0.15, 0.2) is 59.7 Å². The predicted octanol–water partition coefficient (Wildman–Crippen LogP) is 4.73. The summed E-state index contributed by atoms with van der Waals surface area (Å²) in [5, 5.41) is 7.08. The van der Waals surface area contributed by atoms with Crippen molar-refractivity contribution in [3.63, 3.8) is 0 Å². The molecule has 0 saturated heterocycles. The Balaban J connectivity index is 1.44. The second kappa shape index (κ2) is 8.61. The first-order valence-corrected chi connectivity index (χ1v) is 11.5. The summed E-state index contributed by atoms with van der Waals surface area (Å²) in [5.74, 6) is 4.02. The number of hydrogen-bond donors (Lipinski definition) is 0. The maximum absolute atomic E-state index is 6.50. The van der Waals surface area contributed by atoms with Crippen molar-refractivity contribution in [3.8, 4) is 34.5 Å². The quantitative estimate of drug-likeness (QED) is 0.530. The van der Waals surface area contributed by atoms with Crippen LogP contribution in [0.1, 0.15) is 35.4 Å². The lowest BCUT2D eigenvalue weighted by Gasteiger charge is -2.38. The zero-order valence-corrected chi connectivity index (χ0v) is 19.8. The van der Waals surface area contributed by atoms with Gasteiger partial charge in [-0.3, -0.25) is 0 Å². The van der Waals surface area contributed by atoms with Crippen LogP contribution in [0, 0.1) is 0 Å². The van der Waals surface area contributed by atoms with Crippen LogP contribution in [-0.2, 0) is 0 Å². The minimum atomic E-state index is -0.474. The molecule has 0 radical (unpaired) electrons. The molecule has 3 aromatic rings. The predicted molar refractivity (Wildman–Crippen MR) is 129 cm³/mol. The molecule has 3 heterocycles. The summed E-state index contributed by atoms with van der Waals surface area (Å²) >= 11 is 0. The lowest BCUT2D eigenvalue weighted by molar-refractivity contribution is -0.0192. The molecule has 6 rings (SSSR count). The molecule has 3 aliphatic rings. The van der Waals surface area contributed by atoms with Gasteiger partial charge >= 0.3 is 0 Å². The highest BCUT2D eigenvalue weighted by molar-refractivity contribution is 6.02. The molecule has 2 unspecified atom stereocenters. The zero-order chi connectivity index (χ0) is 23.9. The van der Waals surface area contributed by atoms with Crippen molar-refractivity contribution in [2.24, 2.45) is 5.10 Å². The fourth-order valence-electron chi connectivity index (χ4n) is 4.90. The molecule has 0 fully saturated rings. The summed E-state index contributed by atoms with van der Waals surface area (Å²) in [7, 11) is 4.80. The van der Waals surface area contributed by atoms with E-state index in [0.717, 1.165) is 46.1 Å². The second-order valence-corrected chi connectivity index (χ2v) is 8.47. The van der Waals surface area contributed by atoms with Gasteiger partial charge in [0.1, 0.15) is 19.0 Å². The van der Waals surface area contributed by atoms with Crippen LogP contribution in [0.5, 0.6) is 34.5 Å². The number of nitrogens with zero attached hydrogens (tertiary/aromatic N) is 2. The Morgan fingerprint density at radius 3 is 2.31 bits per heavy atom. The van der Waals surface area contributed by atoms with Gasteiger partial charge in [-0.1, -0.05) is 18.2 Å². The average molecular weight is 475 g/mol. The van der Waals surface area contributed by atoms with Crippen LogP contribution >= 0.6 is 0 Å². The van der Waals surface area contributed by atoms with Crippen molar-refractivity contribution < 1.29 is 28.4 Å². The van der Waals surface area contributed by atoms with E-state index >= 15 is 0 Å². The van der Waals surface area contributed by atoms with Crippen LogP contribution in [0.25, 0.3) is 0 Å². The monoisotopic (exact) mass is 474 g/mol. The molecule has 0 N–H and O–H groups in total. The first kappa shape index (κ1) is 21.5. The second-order valence-electron chi connectivity index (χ2n) is 8.47. The third-order valence-electron chi connectivity index (χ3n) is 6.55. The van der Waals surface area contributed by atoms with E-state index in [1.165, 1.54) is 0 Å². The van der Waals surface area contributed by atoms with Crippen LogP contribution in [0.3, 0.4) is 0 Å². The van der Waals surface area contributed by atoms with E-state index in [9.17, 15) is 0 Å². The summed E-state index contributed by atoms with van der Waals surface area (Å²) in [4.78, 5) is 0. The van der Waals surface area contributed by atoms with Crippen molar-refractivity contribution in [1.82, 2.24) is 5.01 Å². The van der Waals surface area contributed by atoms with Crippen LogP contribution in [0.4, 0.5) is 0 Å². The number of rotatable bonds is 5. The lowest BCUT2D eigenvalue weighted by atomic mass is 9.95. The van der Waals surface area contributed by atoms with Crippen molar-refractivity contribution >= 4 is 5.71 Å². The summed E-state index contributed by atoms with van der Waals surface area (Å²) in [5.41, 5.74) is 3.92. The van der Waals surface area contributed by atoms with Crippen molar-refractivity contribution in [3.05, 3.63) is 71.3 Å². The molecule has 3 aliphatic heterocycles. The SMILES string of the molecule is COc1cc(C2Oc3ccccc3C3CC(c4ccc5c(c4)OCCO5)=NN32)cc(OC)c1OC. The number of para-hydroxylation sites is 1. The average Bonchev–Trinajstić information content (AvgIpc) is 3.37. The van der Waals surface area contributed by atoms with Crippen molar-refractivity contribution in [2.75, 3.05) is 34.5 Å². The summed E-state index contributed by atoms with van der Waals surface area (Å²) in [6.45, 7) is 1.11. The van der Waals surface area contributed by atoms with E-state index in [2.05, 4.69) is 6.07 Å². The van der Waals surface area contributed by atoms with Crippen molar-refractivity contribution in [1.29, 1.82) is 0 Å². The molecular formula is C27H26N2O6. The Labute approximate surface area is 203 Å². The van der Waals surface area contributed by atoms with Gasteiger partial charge in [0, 0.05) is 23.1 Å². The maximum atomic E-state index is 6.50. The zero-order valence-electron chi connectivity index (χ0n) is 19.8. The van der Waals surface area contributed by atoms with Crippen LogP contribution < -0.4 is 28.4 Å². The van der Waals surface area contributed by atoms with Gasteiger partial charge in [-0.05, 0) is 36.4 Å². The van der Waals surface area contributed by atoms with E-state index in [0.29, 0.717) is 30.5 Å². The molecule has 0 amide bonds. The third kappa shape index (κ3) is 3.56. The van der Waals surface area contributed by atoms with Gasteiger partial charge in [0.25, 0.3) is 0 Å². The van der Waals surface area contributed by atoms with E-state index in [4.69, 9.17) is 33.5 Å². The normalized spacial score (nSPS) is 19.7.